The molecule has 4 nitrogen and oxygen atoms in total. The van der Waals surface area contributed by atoms with E-state index >= 15 is 0 Å². The second-order valence-electron chi connectivity index (χ2n) is 7.65. The van der Waals surface area contributed by atoms with Crippen molar-refractivity contribution >= 4 is 56.4 Å². The highest BCUT2D eigenvalue weighted by Gasteiger charge is 2.35. The van der Waals surface area contributed by atoms with Gasteiger partial charge in [0.15, 0.2) is 5.17 Å². The van der Waals surface area contributed by atoms with Gasteiger partial charge in [-0.2, -0.15) is 0 Å². The lowest BCUT2D eigenvalue weighted by atomic mass is 10.2. The number of carbonyl (C=O) groups is 1. The predicted molar refractivity (Wildman–Crippen MR) is 128 cm³/mol. The number of amidine groups is 1. The van der Waals surface area contributed by atoms with Crippen LogP contribution in [0.5, 0.6) is 0 Å². The minimum Gasteiger partial charge on any atom is -0.318 e. The summed E-state index contributed by atoms with van der Waals surface area (Å²) in [7, 11) is 0. The number of aliphatic imine (C=N–C) groups is 1. The first-order valence-corrected chi connectivity index (χ1v) is 11.5. The molecule has 2 heterocycles. The molecular formula is C22H25BrClN3OS. The van der Waals surface area contributed by atoms with Gasteiger partial charge in [-0.3, -0.25) is 14.7 Å². The zero-order chi connectivity index (χ0) is 21.5. The molecule has 0 radical (unpaired) electrons. The van der Waals surface area contributed by atoms with E-state index in [0.29, 0.717) is 9.93 Å². The first-order valence-electron chi connectivity index (χ1n) is 9.55. The van der Waals surface area contributed by atoms with Crippen molar-refractivity contribution in [2.24, 2.45) is 4.99 Å². The van der Waals surface area contributed by atoms with Gasteiger partial charge in [-0.25, -0.2) is 0 Å². The Labute approximate surface area is 190 Å². The van der Waals surface area contributed by atoms with Crippen molar-refractivity contribution < 1.29 is 4.79 Å². The van der Waals surface area contributed by atoms with E-state index in [0.717, 1.165) is 32.3 Å². The van der Waals surface area contributed by atoms with Gasteiger partial charge in [-0.05, 0) is 105 Å². The Morgan fingerprint density at radius 1 is 1.17 bits per heavy atom. The zero-order valence-electron chi connectivity index (χ0n) is 17.5. The van der Waals surface area contributed by atoms with Gasteiger partial charge in [0.2, 0.25) is 0 Å². The molecule has 7 heteroatoms. The second kappa shape index (κ2) is 8.70. The summed E-state index contributed by atoms with van der Waals surface area (Å²) >= 11 is 11.2. The number of amides is 1. The topological polar surface area (TPSA) is 37.6 Å². The Balaban J connectivity index is 2.03. The van der Waals surface area contributed by atoms with Crippen LogP contribution in [0.4, 0.5) is 0 Å². The van der Waals surface area contributed by atoms with Gasteiger partial charge in [0.1, 0.15) is 0 Å². The van der Waals surface area contributed by atoms with Crippen LogP contribution in [0.3, 0.4) is 0 Å². The van der Waals surface area contributed by atoms with E-state index < -0.39 is 0 Å². The molecule has 154 valence electrons. The Bertz CT molecular complexity index is 1020. The van der Waals surface area contributed by atoms with E-state index in [1.54, 1.807) is 4.90 Å². The smallest absolute Gasteiger partial charge is 0.266 e. The standard InChI is InChI=1S/C22H25BrClN3OS/c1-12(2)25-22-26(13(3)4)21(28)20(29-22)10-16-9-14(5)27(15(16)6)17-7-8-18(23)19(24)11-17/h7-13H,1-6H3/b20-10+,25-22?. The van der Waals surface area contributed by atoms with Crippen LogP contribution >= 0.6 is 39.3 Å². The molecule has 1 saturated heterocycles. The molecule has 2 aromatic rings. The summed E-state index contributed by atoms with van der Waals surface area (Å²) in [5.74, 6) is 0.0147. The molecule has 1 amide bonds. The molecular weight excluding hydrogens is 470 g/mol. The minimum absolute atomic E-state index is 0.0147. The fourth-order valence-electron chi connectivity index (χ4n) is 3.35. The number of halogens is 2. The van der Waals surface area contributed by atoms with E-state index in [2.05, 4.69) is 45.4 Å². The van der Waals surface area contributed by atoms with Crippen LogP contribution in [-0.4, -0.2) is 32.6 Å². The highest BCUT2D eigenvalue weighted by molar-refractivity contribution is 9.10. The second-order valence-corrected chi connectivity index (χ2v) is 9.92. The number of hydrogen-bond donors (Lipinski definition) is 0. The number of aromatic nitrogens is 1. The first kappa shape index (κ1) is 22.2. The summed E-state index contributed by atoms with van der Waals surface area (Å²) in [6, 6.07) is 8.21. The zero-order valence-corrected chi connectivity index (χ0v) is 20.6. The molecule has 3 rings (SSSR count). The van der Waals surface area contributed by atoms with Crippen molar-refractivity contribution in [2.75, 3.05) is 0 Å². The maximum absolute atomic E-state index is 13.0. The number of benzene rings is 1. The van der Waals surface area contributed by atoms with Gasteiger partial charge in [-0.15, -0.1) is 0 Å². The van der Waals surface area contributed by atoms with E-state index in [4.69, 9.17) is 11.6 Å². The van der Waals surface area contributed by atoms with Crippen molar-refractivity contribution in [2.45, 2.75) is 53.6 Å². The molecule has 0 spiro atoms. The normalized spacial score (nSPS) is 17.6. The summed E-state index contributed by atoms with van der Waals surface area (Å²) in [6.45, 7) is 12.2. The molecule has 1 aliphatic rings. The minimum atomic E-state index is 0.0147. The lowest BCUT2D eigenvalue weighted by Gasteiger charge is -2.20. The quantitative estimate of drug-likeness (QED) is 0.449. The maximum atomic E-state index is 13.0. The van der Waals surface area contributed by atoms with Gasteiger partial charge < -0.3 is 4.57 Å². The van der Waals surface area contributed by atoms with Crippen molar-refractivity contribution in [1.29, 1.82) is 0 Å². The van der Waals surface area contributed by atoms with Crippen molar-refractivity contribution in [1.82, 2.24) is 9.47 Å². The van der Waals surface area contributed by atoms with Gasteiger partial charge in [0.25, 0.3) is 5.91 Å². The van der Waals surface area contributed by atoms with Gasteiger partial charge in [-0.1, -0.05) is 11.6 Å². The van der Waals surface area contributed by atoms with Gasteiger partial charge in [0, 0.05) is 33.6 Å². The molecule has 0 unspecified atom stereocenters. The fraction of sp³-hybridized carbons (Fsp3) is 0.364. The monoisotopic (exact) mass is 493 g/mol. The molecule has 0 N–H and O–H groups in total. The molecule has 1 aromatic carbocycles. The maximum Gasteiger partial charge on any atom is 0.266 e. The SMILES string of the molecule is Cc1cc(/C=C2/SC(=NC(C)C)N(C(C)C)C2=O)c(C)n1-c1ccc(Br)c(Cl)c1. The Morgan fingerprint density at radius 3 is 2.45 bits per heavy atom. The summed E-state index contributed by atoms with van der Waals surface area (Å²) in [5, 5.41) is 1.44. The molecule has 29 heavy (non-hydrogen) atoms. The third kappa shape index (κ3) is 4.49. The van der Waals surface area contributed by atoms with E-state index in [-0.39, 0.29) is 18.0 Å². The lowest BCUT2D eigenvalue weighted by molar-refractivity contribution is -0.123. The summed E-state index contributed by atoms with van der Waals surface area (Å²) in [5.41, 5.74) is 4.16. The van der Waals surface area contributed by atoms with E-state index in [1.807, 2.05) is 52.0 Å². The molecule has 0 atom stereocenters. The van der Waals surface area contributed by atoms with Crippen LogP contribution in [0, 0.1) is 13.8 Å². The molecule has 0 aliphatic carbocycles. The summed E-state index contributed by atoms with van der Waals surface area (Å²) in [4.78, 5) is 20.2. The fourth-order valence-corrected chi connectivity index (χ4v) is 4.99. The van der Waals surface area contributed by atoms with Crippen molar-refractivity contribution in [3.05, 3.63) is 55.6 Å². The predicted octanol–water partition coefficient (Wildman–Crippen LogP) is 6.60. The third-order valence-electron chi connectivity index (χ3n) is 4.64. The highest BCUT2D eigenvalue weighted by Crippen LogP contribution is 2.36. The molecule has 1 aromatic heterocycles. The van der Waals surface area contributed by atoms with Gasteiger partial charge >= 0.3 is 0 Å². The van der Waals surface area contributed by atoms with Gasteiger partial charge in [0.05, 0.1) is 9.93 Å². The van der Waals surface area contributed by atoms with Crippen molar-refractivity contribution in [3.8, 4) is 5.69 Å². The van der Waals surface area contributed by atoms with Crippen LogP contribution < -0.4 is 0 Å². The highest BCUT2D eigenvalue weighted by atomic mass is 79.9. The summed E-state index contributed by atoms with van der Waals surface area (Å²) < 4.78 is 3.02. The number of nitrogens with zero attached hydrogens (tertiary/aromatic N) is 3. The molecule has 0 saturated carbocycles. The summed E-state index contributed by atoms with van der Waals surface area (Å²) in [6.07, 6.45) is 1.98. The van der Waals surface area contributed by atoms with Crippen molar-refractivity contribution in [3.63, 3.8) is 0 Å². The van der Waals surface area contributed by atoms with Crippen LogP contribution in [-0.2, 0) is 4.79 Å². The third-order valence-corrected chi connectivity index (χ3v) is 6.87. The largest absolute Gasteiger partial charge is 0.318 e. The molecule has 0 bridgehead atoms. The van der Waals surface area contributed by atoms with Crippen LogP contribution in [0.25, 0.3) is 11.8 Å². The Hall–Kier alpha value is -1.50. The first-order chi connectivity index (χ1) is 13.6. The molecule has 1 fully saturated rings. The molecule has 1 aliphatic heterocycles. The lowest BCUT2D eigenvalue weighted by Crippen LogP contribution is -2.35. The van der Waals surface area contributed by atoms with Crippen LogP contribution in [0.1, 0.15) is 44.6 Å². The van der Waals surface area contributed by atoms with E-state index in [9.17, 15) is 4.79 Å². The Morgan fingerprint density at radius 2 is 1.86 bits per heavy atom. The average molecular weight is 495 g/mol. The average Bonchev–Trinajstić information content (AvgIpc) is 3.06. The number of rotatable bonds is 4. The Kier molecular flexibility index (Phi) is 6.66. The van der Waals surface area contributed by atoms with Crippen LogP contribution in [0.2, 0.25) is 5.02 Å². The number of aryl methyl sites for hydroxylation is 1. The number of thioether (sulfide) groups is 1. The van der Waals surface area contributed by atoms with E-state index in [1.165, 1.54) is 11.8 Å². The number of hydrogen-bond acceptors (Lipinski definition) is 3. The van der Waals surface area contributed by atoms with Crippen LogP contribution in [0.15, 0.2) is 38.6 Å². The number of carbonyl (C=O) groups excluding carboxylic acids is 1.